The summed E-state index contributed by atoms with van der Waals surface area (Å²) in [6.45, 7) is 0. The van der Waals surface area contributed by atoms with Crippen molar-refractivity contribution in [2.45, 2.75) is 10.6 Å². The zero-order chi connectivity index (χ0) is 15.4. The maximum atomic E-state index is 12.8. The van der Waals surface area contributed by atoms with Gasteiger partial charge in [-0.1, -0.05) is 6.07 Å². The second-order valence-electron chi connectivity index (χ2n) is 4.21. The van der Waals surface area contributed by atoms with Crippen LogP contribution < -0.4 is 4.74 Å². The van der Waals surface area contributed by atoms with Crippen LogP contribution in [0.15, 0.2) is 47.4 Å². The fourth-order valence-electron chi connectivity index (χ4n) is 1.79. The SMILES string of the molecule is COc1ccc(CS(=O)c2ccc(F)cc2)cc1[N+](=O)[O-]. The first-order chi connectivity index (χ1) is 10.0. The minimum atomic E-state index is -1.40. The molecule has 0 aliphatic rings. The standard InChI is InChI=1S/C14H12FNO4S/c1-20-14-7-2-10(8-13(14)16(17)18)9-21(19)12-5-3-11(15)4-6-12/h2-8H,9H2,1H3. The van der Waals surface area contributed by atoms with E-state index < -0.39 is 21.5 Å². The van der Waals surface area contributed by atoms with Crippen LogP contribution in [0.25, 0.3) is 0 Å². The maximum Gasteiger partial charge on any atom is 0.311 e. The van der Waals surface area contributed by atoms with Crippen LogP contribution in [0.3, 0.4) is 0 Å². The van der Waals surface area contributed by atoms with E-state index in [2.05, 4.69) is 0 Å². The number of hydrogen-bond acceptors (Lipinski definition) is 4. The van der Waals surface area contributed by atoms with Gasteiger partial charge >= 0.3 is 5.69 Å². The molecule has 7 heteroatoms. The lowest BCUT2D eigenvalue weighted by atomic mass is 10.2. The van der Waals surface area contributed by atoms with Crippen molar-refractivity contribution in [1.29, 1.82) is 0 Å². The molecule has 0 heterocycles. The quantitative estimate of drug-likeness (QED) is 0.629. The van der Waals surface area contributed by atoms with Crippen molar-refractivity contribution in [2.75, 3.05) is 7.11 Å². The number of ether oxygens (including phenoxy) is 1. The van der Waals surface area contributed by atoms with E-state index >= 15 is 0 Å². The van der Waals surface area contributed by atoms with Gasteiger partial charge < -0.3 is 4.74 Å². The summed E-state index contributed by atoms with van der Waals surface area (Å²) in [5.41, 5.74) is 0.372. The van der Waals surface area contributed by atoms with Crippen LogP contribution in [0.2, 0.25) is 0 Å². The van der Waals surface area contributed by atoms with Crippen molar-refractivity contribution in [3.05, 3.63) is 64.0 Å². The Kier molecular flexibility index (Phi) is 4.64. The van der Waals surface area contributed by atoms with Gasteiger partial charge in [0.05, 0.1) is 28.6 Å². The molecule has 5 nitrogen and oxygen atoms in total. The Morgan fingerprint density at radius 2 is 1.90 bits per heavy atom. The number of nitro groups is 1. The summed E-state index contributed by atoms with van der Waals surface area (Å²) >= 11 is 0. The monoisotopic (exact) mass is 309 g/mol. The second kappa shape index (κ2) is 6.45. The first-order valence-electron chi connectivity index (χ1n) is 5.96. The van der Waals surface area contributed by atoms with Crippen LogP contribution in [0.5, 0.6) is 5.75 Å². The summed E-state index contributed by atoms with van der Waals surface area (Å²) in [5.74, 6) is -0.150. The molecule has 0 fully saturated rings. The Morgan fingerprint density at radius 3 is 2.48 bits per heavy atom. The van der Waals surface area contributed by atoms with Crippen molar-refractivity contribution < 1.29 is 18.3 Å². The van der Waals surface area contributed by atoms with E-state index in [1.54, 1.807) is 6.07 Å². The lowest BCUT2D eigenvalue weighted by Crippen LogP contribution is -1.99. The van der Waals surface area contributed by atoms with E-state index in [0.29, 0.717) is 10.5 Å². The number of nitrogens with zero attached hydrogens (tertiary/aromatic N) is 1. The third kappa shape index (κ3) is 3.63. The average Bonchev–Trinajstić information content (AvgIpc) is 2.47. The van der Waals surface area contributed by atoms with Gasteiger partial charge in [-0.2, -0.15) is 0 Å². The molecule has 0 bridgehead atoms. The third-order valence-corrected chi connectivity index (χ3v) is 4.21. The molecule has 2 aromatic carbocycles. The van der Waals surface area contributed by atoms with Crippen molar-refractivity contribution in [2.24, 2.45) is 0 Å². The minimum absolute atomic E-state index is 0.108. The van der Waals surface area contributed by atoms with Gasteiger partial charge in [-0.25, -0.2) is 4.39 Å². The second-order valence-corrected chi connectivity index (χ2v) is 5.66. The van der Waals surface area contributed by atoms with Crippen LogP contribution in [0.1, 0.15) is 5.56 Å². The van der Waals surface area contributed by atoms with E-state index in [4.69, 9.17) is 4.74 Å². The predicted octanol–water partition coefficient (Wildman–Crippen LogP) is 3.05. The number of hydrogen-bond donors (Lipinski definition) is 0. The number of rotatable bonds is 5. The van der Waals surface area contributed by atoms with Gasteiger partial charge in [0.1, 0.15) is 5.82 Å². The number of halogens is 1. The average molecular weight is 309 g/mol. The summed E-state index contributed by atoms with van der Waals surface area (Å²) in [6, 6.07) is 9.74. The Morgan fingerprint density at radius 1 is 1.24 bits per heavy atom. The molecule has 0 aromatic heterocycles. The van der Waals surface area contributed by atoms with Crippen LogP contribution in [0.4, 0.5) is 10.1 Å². The molecule has 0 aliphatic heterocycles. The van der Waals surface area contributed by atoms with Gasteiger partial charge in [0.2, 0.25) is 0 Å². The zero-order valence-electron chi connectivity index (χ0n) is 11.1. The van der Waals surface area contributed by atoms with E-state index in [1.165, 1.54) is 43.5 Å². The van der Waals surface area contributed by atoms with Gasteiger partial charge in [0.25, 0.3) is 0 Å². The summed E-state index contributed by atoms with van der Waals surface area (Å²) in [4.78, 5) is 10.8. The number of nitro benzene ring substituents is 1. The fourth-order valence-corrected chi connectivity index (χ4v) is 2.88. The number of benzene rings is 2. The van der Waals surface area contributed by atoms with E-state index in [0.717, 1.165) is 0 Å². The Labute approximate surface area is 123 Å². The summed E-state index contributed by atoms with van der Waals surface area (Å²) in [6.07, 6.45) is 0. The number of methoxy groups -OCH3 is 1. The normalized spacial score (nSPS) is 11.9. The topological polar surface area (TPSA) is 69.4 Å². The minimum Gasteiger partial charge on any atom is -0.490 e. The highest BCUT2D eigenvalue weighted by molar-refractivity contribution is 7.84. The first-order valence-corrected chi connectivity index (χ1v) is 7.28. The van der Waals surface area contributed by atoms with Gasteiger partial charge in [-0.15, -0.1) is 0 Å². The molecule has 21 heavy (non-hydrogen) atoms. The van der Waals surface area contributed by atoms with Gasteiger partial charge in [-0.05, 0) is 35.9 Å². The summed E-state index contributed by atoms with van der Waals surface area (Å²) in [5, 5.41) is 10.9. The third-order valence-electron chi connectivity index (χ3n) is 2.81. The van der Waals surface area contributed by atoms with Gasteiger partial charge in [0, 0.05) is 11.0 Å². The largest absolute Gasteiger partial charge is 0.490 e. The lowest BCUT2D eigenvalue weighted by molar-refractivity contribution is -0.385. The summed E-state index contributed by atoms with van der Waals surface area (Å²) in [7, 11) is -0.0569. The van der Waals surface area contributed by atoms with Gasteiger partial charge in [-0.3, -0.25) is 14.3 Å². The fraction of sp³-hybridized carbons (Fsp3) is 0.143. The molecule has 1 atom stereocenters. The van der Waals surface area contributed by atoms with Crippen LogP contribution in [0, 0.1) is 15.9 Å². The van der Waals surface area contributed by atoms with E-state index in [-0.39, 0.29) is 17.2 Å². The zero-order valence-corrected chi connectivity index (χ0v) is 11.9. The highest BCUT2D eigenvalue weighted by Gasteiger charge is 2.16. The molecule has 0 radical (unpaired) electrons. The highest BCUT2D eigenvalue weighted by atomic mass is 32.2. The van der Waals surface area contributed by atoms with Crippen molar-refractivity contribution in [3.63, 3.8) is 0 Å². The highest BCUT2D eigenvalue weighted by Crippen LogP contribution is 2.28. The van der Waals surface area contributed by atoms with Crippen LogP contribution in [-0.2, 0) is 16.6 Å². The lowest BCUT2D eigenvalue weighted by Gasteiger charge is -2.05. The molecular formula is C14H12FNO4S. The Bertz CT molecular complexity index is 688. The smallest absolute Gasteiger partial charge is 0.311 e. The molecule has 0 amide bonds. The van der Waals surface area contributed by atoms with Crippen LogP contribution >= 0.6 is 0 Å². The molecule has 0 aliphatic carbocycles. The predicted molar refractivity (Wildman–Crippen MR) is 76.2 cm³/mol. The molecule has 0 saturated heterocycles. The molecule has 0 spiro atoms. The summed E-state index contributed by atoms with van der Waals surface area (Å²) < 4.78 is 29.9. The molecule has 110 valence electrons. The molecular weight excluding hydrogens is 297 g/mol. The van der Waals surface area contributed by atoms with E-state index in [1.807, 2.05) is 0 Å². The molecule has 2 rings (SSSR count). The van der Waals surface area contributed by atoms with E-state index in [9.17, 15) is 18.7 Å². The molecule has 0 saturated carbocycles. The Hall–Kier alpha value is -2.28. The van der Waals surface area contributed by atoms with Crippen LogP contribution in [-0.4, -0.2) is 16.2 Å². The molecule has 0 N–H and O–H groups in total. The van der Waals surface area contributed by atoms with Crippen molar-refractivity contribution in [1.82, 2.24) is 0 Å². The maximum absolute atomic E-state index is 12.8. The van der Waals surface area contributed by atoms with Crippen molar-refractivity contribution >= 4 is 16.5 Å². The molecule has 2 aromatic rings. The van der Waals surface area contributed by atoms with Crippen molar-refractivity contribution in [3.8, 4) is 5.75 Å². The van der Waals surface area contributed by atoms with Gasteiger partial charge in [0.15, 0.2) is 5.75 Å². The first kappa shape index (κ1) is 15.1. The Balaban J connectivity index is 2.23. The molecule has 1 unspecified atom stereocenters.